The quantitative estimate of drug-likeness (QED) is 0.740. The Labute approximate surface area is 145 Å². The molecule has 0 unspecified atom stereocenters. The Morgan fingerprint density at radius 2 is 2.08 bits per heavy atom. The highest BCUT2D eigenvalue weighted by atomic mass is 32.1. The van der Waals surface area contributed by atoms with Crippen LogP contribution >= 0.6 is 11.3 Å². The third-order valence-electron chi connectivity index (χ3n) is 3.59. The van der Waals surface area contributed by atoms with Gasteiger partial charge >= 0.3 is 0 Å². The molecule has 1 N–H and O–H groups in total. The van der Waals surface area contributed by atoms with Gasteiger partial charge in [0, 0.05) is 5.69 Å². The van der Waals surface area contributed by atoms with Gasteiger partial charge in [-0.1, -0.05) is 29.8 Å². The van der Waals surface area contributed by atoms with E-state index >= 15 is 0 Å². The SMILES string of the molecule is Cc1cccc(COc2ccc(NC(=O)c3cncs3)c(C)c2)c1. The van der Waals surface area contributed by atoms with Crippen LogP contribution < -0.4 is 10.1 Å². The number of rotatable bonds is 5. The Bertz CT molecular complexity index is 844. The van der Waals surface area contributed by atoms with Gasteiger partial charge in [0.1, 0.15) is 17.2 Å². The van der Waals surface area contributed by atoms with Gasteiger partial charge in [0.15, 0.2) is 0 Å². The summed E-state index contributed by atoms with van der Waals surface area (Å²) in [6, 6.07) is 13.9. The normalized spacial score (nSPS) is 10.4. The molecule has 0 spiro atoms. The smallest absolute Gasteiger partial charge is 0.267 e. The van der Waals surface area contributed by atoms with Gasteiger partial charge in [0.25, 0.3) is 5.91 Å². The minimum atomic E-state index is -0.144. The highest BCUT2D eigenvalue weighted by molar-refractivity contribution is 7.11. The fourth-order valence-electron chi connectivity index (χ4n) is 2.35. The van der Waals surface area contributed by atoms with Crippen LogP contribution in [0, 0.1) is 13.8 Å². The molecule has 3 aromatic rings. The average Bonchev–Trinajstić information content (AvgIpc) is 3.10. The second-order valence-corrected chi connectivity index (χ2v) is 6.46. The van der Waals surface area contributed by atoms with Gasteiger partial charge in [0.2, 0.25) is 0 Å². The van der Waals surface area contributed by atoms with Crippen LogP contribution in [-0.2, 0) is 6.61 Å². The summed E-state index contributed by atoms with van der Waals surface area (Å²) in [5.41, 5.74) is 5.72. The van der Waals surface area contributed by atoms with Crippen LogP contribution in [0.4, 0.5) is 5.69 Å². The molecule has 24 heavy (non-hydrogen) atoms. The van der Waals surface area contributed by atoms with Crippen molar-refractivity contribution in [1.82, 2.24) is 4.98 Å². The number of nitrogens with one attached hydrogen (secondary N) is 1. The molecule has 1 heterocycles. The largest absolute Gasteiger partial charge is 0.489 e. The summed E-state index contributed by atoms with van der Waals surface area (Å²) in [7, 11) is 0. The van der Waals surface area contributed by atoms with Crippen molar-refractivity contribution in [2.24, 2.45) is 0 Å². The maximum absolute atomic E-state index is 12.1. The summed E-state index contributed by atoms with van der Waals surface area (Å²) < 4.78 is 5.84. The molecule has 0 aliphatic heterocycles. The van der Waals surface area contributed by atoms with Crippen molar-refractivity contribution >= 4 is 22.9 Å². The van der Waals surface area contributed by atoms with Crippen LogP contribution in [0.15, 0.2) is 54.2 Å². The Morgan fingerprint density at radius 1 is 1.21 bits per heavy atom. The third kappa shape index (κ3) is 4.00. The molecule has 5 heteroatoms. The number of hydrogen-bond donors (Lipinski definition) is 1. The molecule has 0 radical (unpaired) electrons. The van der Waals surface area contributed by atoms with E-state index in [2.05, 4.69) is 29.4 Å². The van der Waals surface area contributed by atoms with E-state index in [4.69, 9.17) is 4.74 Å². The zero-order valence-electron chi connectivity index (χ0n) is 13.6. The molecule has 2 aromatic carbocycles. The van der Waals surface area contributed by atoms with Crippen molar-refractivity contribution in [3.05, 3.63) is 75.7 Å². The lowest BCUT2D eigenvalue weighted by Gasteiger charge is -2.11. The molecule has 0 fully saturated rings. The number of aromatic nitrogens is 1. The molecule has 0 aliphatic rings. The van der Waals surface area contributed by atoms with E-state index in [1.807, 2.05) is 37.3 Å². The number of aryl methyl sites for hydroxylation is 2. The molecule has 0 saturated carbocycles. The Hall–Kier alpha value is -2.66. The Morgan fingerprint density at radius 3 is 2.79 bits per heavy atom. The van der Waals surface area contributed by atoms with Crippen LogP contribution in [-0.4, -0.2) is 10.9 Å². The molecular formula is C19H18N2O2S. The van der Waals surface area contributed by atoms with Gasteiger partial charge in [-0.3, -0.25) is 9.78 Å². The molecule has 0 aliphatic carbocycles. The summed E-state index contributed by atoms with van der Waals surface area (Å²) in [6.07, 6.45) is 1.56. The van der Waals surface area contributed by atoms with Crippen molar-refractivity contribution in [1.29, 1.82) is 0 Å². The van der Waals surface area contributed by atoms with E-state index in [0.29, 0.717) is 11.5 Å². The highest BCUT2D eigenvalue weighted by Gasteiger charge is 2.09. The van der Waals surface area contributed by atoms with E-state index in [1.54, 1.807) is 11.7 Å². The van der Waals surface area contributed by atoms with Crippen molar-refractivity contribution in [3.8, 4) is 5.75 Å². The molecule has 4 nitrogen and oxygen atoms in total. The van der Waals surface area contributed by atoms with Crippen LogP contribution in [0.5, 0.6) is 5.75 Å². The van der Waals surface area contributed by atoms with Gasteiger partial charge in [0.05, 0.1) is 11.7 Å². The summed E-state index contributed by atoms with van der Waals surface area (Å²) in [5.74, 6) is 0.638. The number of ether oxygens (including phenoxy) is 1. The molecule has 0 bridgehead atoms. The molecule has 122 valence electrons. The number of hydrogen-bond acceptors (Lipinski definition) is 4. The fraction of sp³-hybridized carbons (Fsp3) is 0.158. The minimum Gasteiger partial charge on any atom is -0.489 e. The molecule has 0 atom stereocenters. The summed E-state index contributed by atoms with van der Waals surface area (Å²) in [6.45, 7) is 4.53. The van der Waals surface area contributed by atoms with Crippen LogP contribution in [0.25, 0.3) is 0 Å². The number of amides is 1. The van der Waals surface area contributed by atoms with Crippen molar-refractivity contribution in [2.75, 3.05) is 5.32 Å². The molecule has 0 saturated heterocycles. The third-order valence-corrected chi connectivity index (χ3v) is 4.36. The summed E-state index contributed by atoms with van der Waals surface area (Å²) in [5, 5.41) is 2.90. The number of carbonyl (C=O) groups excluding carboxylic acids is 1. The van der Waals surface area contributed by atoms with E-state index in [9.17, 15) is 4.79 Å². The summed E-state index contributed by atoms with van der Waals surface area (Å²) >= 11 is 1.32. The van der Waals surface area contributed by atoms with Gasteiger partial charge in [-0.25, -0.2) is 0 Å². The zero-order chi connectivity index (χ0) is 16.9. The maximum Gasteiger partial charge on any atom is 0.267 e. The van der Waals surface area contributed by atoms with Gasteiger partial charge in [-0.2, -0.15) is 0 Å². The second kappa shape index (κ2) is 7.27. The van der Waals surface area contributed by atoms with Crippen LogP contribution in [0.2, 0.25) is 0 Å². The van der Waals surface area contributed by atoms with Crippen LogP contribution in [0.1, 0.15) is 26.4 Å². The monoisotopic (exact) mass is 338 g/mol. The number of thiazole rings is 1. The minimum absolute atomic E-state index is 0.144. The van der Waals surface area contributed by atoms with Crippen molar-refractivity contribution < 1.29 is 9.53 Å². The predicted octanol–water partition coefficient (Wildman–Crippen LogP) is 4.59. The molecule has 1 amide bonds. The lowest BCUT2D eigenvalue weighted by Crippen LogP contribution is -2.11. The first-order chi connectivity index (χ1) is 11.6. The number of benzene rings is 2. The Kier molecular flexibility index (Phi) is 4.91. The predicted molar refractivity (Wildman–Crippen MR) is 96.8 cm³/mol. The molecule has 1 aromatic heterocycles. The van der Waals surface area contributed by atoms with Crippen molar-refractivity contribution in [2.45, 2.75) is 20.5 Å². The zero-order valence-corrected chi connectivity index (χ0v) is 14.4. The Balaban J connectivity index is 1.65. The summed E-state index contributed by atoms with van der Waals surface area (Å²) in [4.78, 5) is 16.6. The second-order valence-electron chi connectivity index (χ2n) is 5.57. The number of nitrogens with zero attached hydrogens (tertiary/aromatic N) is 1. The first-order valence-corrected chi connectivity index (χ1v) is 8.48. The highest BCUT2D eigenvalue weighted by Crippen LogP contribution is 2.23. The van der Waals surface area contributed by atoms with E-state index < -0.39 is 0 Å². The molecule has 3 rings (SSSR count). The standard InChI is InChI=1S/C19H18N2O2S/c1-13-4-3-5-15(8-13)11-23-16-6-7-17(14(2)9-16)21-19(22)18-10-20-12-24-18/h3-10,12H,11H2,1-2H3,(H,21,22). The first kappa shape index (κ1) is 16.2. The maximum atomic E-state index is 12.1. The van der Waals surface area contributed by atoms with E-state index in [1.165, 1.54) is 16.9 Å². The van der Waals surface area contributed by atoms with Gasteiger partial charge in [-0.05, 0) is 43.2 Å². The van der Waals surface area contributed by atoms with E-state index in [-0.39, 0.29) is 5.91 Å². The number of anilines is 1. The molecular weight excluding hydrogens is 320 g/mol. The average molecular weight is 338 g/mol. The van der Waals surface area contributed by atoms with Crippen molar-refractivity contribution in [3.63, 3.8) is 0 Å². The van der Waals surface area contributed by atoms with E-state index in [0.717, 1.165) is 22.6 Å². The first-order valence-electron chi connectivity index (χ1n) is 7.60. The van der Waals surface area contributed by atoms with Gasteiger partial charge < -0.3 is 10.1 Å². The fourth-order valence-corrected chi connectivity index (χ4v) is 2.86. The lowest BCUT2D eigenvalue weighted by molar-refractivity contribution is 0.103. The topological polar surface area (TPSA) is 51.2 Å². The van der Waals surface area contributed by atoms with Gasteiger partial charge in [-0.15, -0.1) is 11.3 Å². The van der Waals surface area contributed by atoms with Crippen LogP contribution in [0.3, 0.4) is 0 Å². The number of carbonyl (C=O) groups is 1. The lowest BCUT2D eigenvalue weighted by atomic mass is 10.1.